The molecule has 2 nitrogen and oxygen atoms in total. The molecule has 0 saturated heterocycles. The predicted molar refractivity (Wildman–Crippen MR) is 52.9 cm³/mol. The highest BCUT2D eigenvalue weighted by Crippen LogP contribution is 2.13. The van der Waals surface area contributed by atoms with Crippen LogP contribution in [-0.4, -0.2) is 17.8 Å². The lowest BCUT2D eigenvalue weighted by Gasteiger charge is -2.00. The van der Waals surface area contributed by atoms with Crippen LogP contribution in [0, 0.1) is 0 Å². The molecule has 60 valence electrons. The number of hydrogen-bond donors (Lipinski definition) is 0. The molecule has 0 aliphatic carbocycles. The van der Waals surface area contributed by atoms with Crippen LogP contribution < -0.4 is 5.72 Å². The lowest BCUT2D eigenvalue weighted by molar-refractivity contribution is 1.24. The molecule has 0 unspecified atom stereocenters. The molecular formula is C10H7BN2. The zero-order chi connectivity index (χ0) is 9.10. The largest absolute Gasteiger partial charge is 0.254 e. The molecule has 3 heteroatoms. The molecule has 0 saturated carbocycles. The van der Waals surface area contributed by atoms with Crippen LogP contribution in [0.5, 0.6) is 0 Å². The van der Waals surface area contributed by atoms with Gasteiger partial charge in [-0.05, 0) is 6.07 Å². The van der Waals surface area contributed by atoms with E-state index in [2.05, 4.69) is 9.97 Å². The second kappa shape index (κ2) is 3.39. The van der Waals surface area contributed by atoms with E-state index in [4.69, 9.17) is 7.85 Å². The fraction of sp³-hybridized carbons (Fsp3) is 0. The predicted octanol–water partition coefficient (Wildman–Crippen LogP) is 0.937. The summed E-state index contributed by atoms with van der Waals surface area (Å²) in [5, 5.41) is 0. The Kier molecular flexibility index (Phi) is 2.09. The summed E-state index contributed by atoms with van der Waals surface area (Å²) in [5.74, 6) is 0. The number of benzene rings is 1. The highest BCUT2D eigenvalue weighted by molar-refractivity contribution is 6.29. The number of aromatic nitrogens is 2. The van der Waals surface area contributed by atoms with Crippen LogP contribution in [0.2, 0.25) is 0 Å². The Balaban J connectivity index is 2.48. The molecule has 2 radical (unpaired) electrons. The summed E-state index contributed by atoms with van der Waals surface area (Å²) < 4.78 is 0. The van der Waals surface area contributed by atoms with Crippen molar-refractivity contribution < 1.29 is 0 Å². The lowest BCUT2D eigenvalue weighted by atomic mass is 10.1. The summed E-state index contributed by atoms with van der Waals surface area (Å²) in [6, 6.07) is 11.7. The van der Waals surface area contributed by atoms with Gasteiger partial charge in [-0.1, -0.05) is 30.3 Å². The first-order chi connectivity index (χ1) is 6.36. The SMILES string of the molecule is [B]c1nccc(-c2ccccc2)n1. The van der Waals surface area contributed by atoms with Crippen LogP contribution in [0.15, 0.2) is 42.6 Å². The average molecular weight is 166 g/mol. The first-order valence-corrected chi connectivity index (χ1v) is 4.00. The minimum atomic E-state index is 0.307. The van der Waals surface area contributed by atoms with E-state index in [1.165, 1.54) is 0 Å². The van der Waals surface area contributed by atoms with Crippen LogP contribution in [0.1, 0.15) is 0 Å². The van der Waals surface area contributed by atoms with Crippen molar-refractivity contribution in [3.63, 3.8) is 0 Å². The number of hydrogen-bond acceptors (Lipinski definition) is 2. The van der Waals surface area contributed by atoms with Crippen molar-refractivity contribution >= 4 is 13.6 Å². The summed E-state index contributed by atoms with van der Waals surface area (Å²) in [7, 11) is 5.47. The number of rotatable bonds is 1. The molecule has 0 atom stereocenters. The second-order valence-electron chi connectivity index (χ2n) is 2.67. The van der Waals surface area contributed by atoms with Gasteiger partial charge in [-0.25, -0.2) is 4.98 Å². The molecule has 1 aromatic heterocycles. The topological polar surface area (TPSA) is 25.8 Å². The first kappa shape index (κ1) is 7.99. The molecule has 0 aliphatic rings. The Morgan fingerprint density at radius 2 is 1.77 bits per heavy atom. The molecule has 0 N–H and O–H groups in total. The Labute approximate surface area is 78.1 Å². The summed E-state index contributed by atoms with van der Waals surface area (Å²) in [6.45, 7) is 0. The normalized spacial score (nSPS) is 9.85. The van der Waals surface area contributed by atoms with Gasteiger partial charge in [-0.2, -0.15) is 0 Å². The maximum absolute atomic E-state index is 5.47. The van der Waals surface area contributed by atoms with Crippen molar-refractivity contribution in [1.82, 2.24) is 9.97 Å². The van der Waals surface area contributed by atoms with Crippen molar-refractivity contribution in [3.8, 4) is 11.3 Å². The van der Waals surface area contributed by atoms with E-state index in [0.717, 1.165) is 11.3 Å². The van der Waals surface area contributed by atoms with E-state index in [9.17, 15) is 0 Å². The minimum Gasteiger partial charge on any atom is -0.254 e. The van der Waals surface area contributed by atoms with E-state index in [0.29, 0.717) is 5.72 Å². The Bertz CT molecular complexity index is 401. The van der Waals surface area contributed by atoms with Gasteiger partial charge in [-0.15, -0.1) is 0 Å². The average Bonchev–Trinajstić information content (AvgIpc) is 2.19. The van der Waals surface area contributed by atoms with Crippen LogP contribution in [0.4, 0.5) is 0 Å². The third-order valence-electron chi connectivity index (χ3n) is 1.74. The van der Waals surface area contributed by atoms with E-state index in [1.54, 1.807) is 6.20 Å². The maximum atomic E-state index is 5.47. The van der Waals surface area contributed by atoms with Crippen LogP contribution in [0.3, 0.4) is 0 Å². The highest BCUT2D eigenvalue weighted by Gasteiger charge is 1.96. The zero-order valence-corrected chi connectivity index (χ0v) is 7.01. The molecule has 0 aliphatic heterocycles. The summed E-state index contributed by atoms with van der Waals surface area (Å²) in [5.41, 5.74) is 2.21. The fourth-order valence-corrected chi connectivity index (χ4v) is 1.14. The van der Waals surface area contributed by atoms with E-state index in [1.807, 2.05) is 36.4 Å². The van der Waals surface area contributed by atoms with Crippen molar-refractivity contribution in [2.24, 2.45) is 0 Å². The van der Waals surface area contributed by atoms with E-state index < -0.39 is 0 Å². The molecule has 1 aromatic carbocycles. The third kappa shape index (κ3) is 1.75. The maximum Gasteiger partial charge on any atom is 0.170 e. The van der Waals surface area contributed by atoms with Gasteiger partial charge in [0.05, 0.1) is 11.4 Å². The van der Waals surface area contributed by atoms with Gasteiger partial charge in [0.15, 0.2) is 7.85 Å². The van der Waals surface area contributed by atoms with Gasteiger partial charge in [-0.3, -0.25) is 4.98 Å². The standard InChI is InChI=1S/C10H7BN2/c11-10-12-7-6-9(13-10)8-4-2-1-3-5-8/h1-7H. The molecule has 1 heterocycles. The minimum absolute atomic E-state index is 0.307. The lowest BCUT2D eigenvalue weighted by Crippen LogP contribution is -2.12. The molecule has 2 aromatic rings. The smallest absolute Gasteiger partial charge is 0.170 e. The van der Waals surface area contributed by atoms with Gasteiger partial charge >= 0.3 is 0 Å². The molecule has 0 amide bonds. The van der Waals surface area contributed by atoms with Gasteiger partial charge in [0.25, 0.3) is 0 Å². The zero-order valence-electron chi connectivity index (χ0n) is 7.01. The number of nitrogens with zero attached hydrogens (tertiary/aromatic N) is 2. The molecular weight excluding hydrogens is 159 g/mol. The van der Waals surface area contributed by atoms with Gasteiger partial charge in [0.2, 0.25) is 0 Å². The summed E-state index contributed by atoms with van der Waals surface area (Å²) in [4.78, 5) is 7.94. The van der Waals surface area contributed by atoms with Crippen LogP contribution in [0.25, 0.3) is 11.3 Å². The van der Waals surface area contributed by atoms with E-state index >= 15 is 0 Å². The van der Waals surface area contributed by atoms with Crippen molar-refractivity contribution in [1.29, 1.82) is 0 Å². The van der Waals surface area contributed by atoms with Gasteiger partial charge in [0, 0.05) is 11.8 Å². The highest BCUT2D eigenvalue weighted by atomic mass is 14.8. The fourth-order valence-electron chi connectivity index (χ4n) is 1.14. The first-order valence-electron chi connectivity index (χ1n) is 4.00. The summed E-state index contributed by atoms with van der Waals surface area (Å²) >= 11 is 0. The Hall–Kier alpha value is -1.64. The Morgan fingerprint density at radius 1 is 1.00 bits per heavy atom. The van der Waals surface area contributed by atoms with Crippen LogP contribution in [-0.2, 0) is 0 Å². The third-order valence-corrected chi connectivity index (χ3v) is 1.74. The molecule has 0 fully saturated rings. The molecule has 0 bridgehead atoms. The van der Waals surface area contributed by atoms with E-state index in [-0.39, 0.29) is 0 Å². The van der Waals surface area contributed by atoms with Crippen LogP contribution >= 0.6 is 0 Å². The molecule has 2 rings (SSSR count). The molecule has 13 heavy (non-hydrogen) atoms. The Morgan fingerprint density at radius 3 is 2.46 bits per heavy atom. The monoisotopic (exact) mass is 166 g/mol. The van der Waals surface area contributed by atoms with Gasteiger partial charge < -0.3 is 0 Å². The summed E-state index contributed by atoms with van der Waals surface area (Å²) in [6.07, 6.45) is 1.66. The van der Waals surface area contributed by atoms with Crippen molar-refractivity contribution in [2.75, 3.05) is 0 Å². The van der Waals surface area contributed by atoms with Gasteiger partial charge in [0.1, 0.15) is 0 Å². The second-order valence-corrected chi connectivity index (χ2v) is 2.67. The quantitative estimate of drug-likeness (QED) is 0.589. The van der Waals surface area contributed by atoms with Crippen molar-refractivity contribution in [3.05, 3.63) is 42.6 Å². The van der Waals surface area contributed by atoms with Crippen molar-refractivity contribution in [2.45, 2.75) is 0 Å². The molecule has 0 spiro atoms.